The van der Waals surface area contributed by atoms with E-state index in [9.17, 15) is 14.4 Å². The fourth-order valence-corrected chi connectivity index (χ4v) is 4.19. The van der Waals surface area contributed by atoms with Gasteiger partial charge in [-0.3, -0.25) is 18.8 Å². The number of benzene rings is 1. The summed E-state index contributed by atoms with van der Waals surface area (Å²) in [5.41, 5.74) is 0.123. The lowest BCUT2D eigenvalue weighted by Gasteiger charge is -2.14. The second kappa shape index (κ2) is 6.99. The molecule has 1 unspecified atom stereocenters. The molecule has 1 aliphatic rings. The number of nitrogens with zero attached hydrogens (tertiary/aromatic N) is 2. The number of methoxy groups -OCH3 is 1. The fourth-order valence-electron chi connectivity index (χ4n) is 3.18. The summed E-state index contributed by atoms with van der Waals surface area (Å²) in [7, 11) is 1.57. The van der Waals surface area contributed by atoms with Crippen LogP contribution in [0, 0.1) is 0 Å². The lowest BCUT2D eigenvalue weighted by Crippen LogP contribution is -2.46. The van der Waals surface area contributed by atoms with Gasteiger partial charge in [-0.25, -0.2) is 4.98 Å². The molecule has 140 valence electrons. The van der Waals surface area contributed by atoms with Gasteiger partial charge in [-0.15, -0.1) is 0 Å². The van der Waals surface area contributed by atoms with E-state index in [4.69, 9.17) is 4.74 Å². The molecule has 3 aromatic rings. The van der Waals surface area contributed by atoms with Crippen LogP contribution in [0.25, 0.3) is 15.2 Å². The number of carbonyl (C=O) groups is 2. The summed E-state index contributed by atoms with van der Waals surface area (Å²) in [6.07, 6.45) is 3.53. The minimum absolute atomic E-state index is 0.0833. The largest absolute Gasteiger partial charge is 0.497 e. The number of carbonyl (C=O) groups excluding carboxylic acids is 2. The predicted molar refractivity (Wildman–Crippen MR) is 102 cm³/mol. The Bertz CT molecular complexity index is 1100. The van der Waals surface area contributed by atoms with Crippen molar-refractivity contribution in [2.45, 2.75) is 25.3 Å². The van der Waals surface area contributed by atoms with Crippen molar-refractivity contribution in [3.05, 3.63) is 40.3 Å². The highest BCUT2D eigenvalue weighted by Crippen LogP contribution is 2.27. The molecule has 4 rings (SSSR count). The first-order chi connectivity index (χ1) is 13.1. The predicted octanol–water partition coefficient (Wildman–Crippen LogP) is 1.32. The van der Waals surface area contributed by atoms with Gasteiger partial charge >= 0.3 is 0 Å². The van der Waals surface area contributed by atoms with E-state index in [1.165, 1.54) is 21.9 Å². The molecule has 8 nitrogen and oxygen atoms in total. The van der Waals surface area contributed by atoms with Crippen LogP contribution in [-0.2, 0) is 4.79 Å². The maximum atomic E-state index is 12.9. The van der Waals surface area contributed by atoms with Gasteiger partial charge in [-0.1, -0.05) is 11.3 Å². The van der Waals surface area contributed by atoms with Crippen LogP contribution < -0.4 is 20.9 Å². The zero-order valence-electron chi connectivity index (χ0n) is 14.7. The van der Waals surface area contributed by atoms with Gasteiger partial charge in [0.15, 0.2) is 4.96 Å². The van der Waals surface area contributed by atoms with E-state index in [0.717, 1.165) is 17.5 Å². The lowest BCUT2D eigenvalue weighted by atomic mass is 10.1. The third-order valence-corrected chi connectivity index (χ3v) is 5.64. The Labute approximate surface area is 158 Å². The van der Waals surface area contributed by atoms with E-state index >= 15 is 0 Å². The number of hydrogen-bond donors (Lipinski definition) is 2. The van der Waals surface area contributed by atoms with Gasteiger partial charge < -0.3 is 15.4 Å². The average Bonchev–Trinajstić information content (AvgIpc) is 2.93. The highest BCUT2D eigenvalue weighted by atomic mass is 32.1. The smallest absolute Gasteiger partial charge is 0.271 e. The third-order valence-electron chi connectivity index (χ3n) is 4.62. The van der Waals surface area contributed by atoms with Gasteiger partial charge in [-0.2, -0.15) is 0 Å². The Morgan fingerprint density at radius 2 is 2.22 bits per heavy atom. The summed E-state index contributed by atoms with van der Waals surface area (Å²) in [5.74, 6) is -0.126. The minimum atomic E-state index is -0.636. The molecule has 2 aromatic heterocycles. The zero-order chi connectivity index (χ0) is 19.0. The second-order valence-corrected chi connectivity index (χ2v) is 7.35. The summed E-state index contributed by atoms with van der Waals surface area (Å²) in [6, 6.07) is 4.71. The average molecular weight is 386 g/mol. The monoisotopic (exact) mass is 386 g/mol. The van der Waals surface area contributed by atoms with E-state index in [1.54, 1.807) is 19.2 Å². The minimum Gasteiger partial charge on any atom is -0.497 e. The van der Waals surface area contributed by atoms with E-state index < -0.39 is 17.5 Å². The first kappa shape index (κ1) is 17.5. The Morgan fingerprint density at radius 3 is 3.04 bits per heavy atom. The Hall–Kier alpha value is -2.94. The van der Waals surface area contributed by atoms with Crippen molar-refractivity contribution in [1.82, 2.24) is 20.0 Å². The fraction of sp³-hybridized carbons (Fsp3) is 0.333. The summed E-state index contributed by atoms with van der Waals surface area (Å²) < 4.78 is 7.46. The van der Waals surface area contributed by atoms with Crippen LogP contribution in [0.2, 0.25) is 0 Å². The molecule has 0 saturated carbocycles. The maximum Gasteiger partial charge on any atom is 0.271 e. The van der Waals surface area contributed by atoms with Gasteiger partial charge in [0.25, 0.3) is 11.5 Å². The Balaban J connectivity index is 1.72. The summed E-state index contributed by atoms with van der Waals surface area (Å²) in [5, 5.41) is 5.43. The lowest BCUT2D eigenvalue weighted by molar-refractivity contribution is -0.122. The van der Waals surface area contributed by atoms with Gasteiger partial charge in [0.1, 0.15) is 17.4 Å². The molecule has 2 amide bonds. The quantitative estimate of drug-likeness (QED) is 0.707. The highest BCUT2D eigenvalue weighted by molar-refractivity contribution is 7.23. The maximum absolute atomic E-state index is 12.9. The van der Waals surface area contributed by atoms with Crippen LogP contribution in [0.5, 0.6) is 5.75 Å². The Morgan fingerprint density at radius 1 is 1.37 bits per heavy atom. The van der Waals surface area contributed by atoms with Crippen molar-refractivity contribution >= 4 is 38.3 Å². The van der Waals surface area contributed by atoms with Crippen LogP contribution in [-0.4, -0.2) is 40.9 Å². The standard InChI is InChI=1S/C18H18N4O4S/c1-26-10-5-6-13-14(8-10)27-18-20-9-11(17(25)22(13)18)15(23)21-12-4-2-3-7-19-16(12)24/h5-6,8-9,12H,2-4,7H2,1H3,(H,19,24)(H,21,23). The molecule has 1 atom stereocenters. The van der Waals surface area contributed by atoms with Gasteiger partial charge in [0.05, 0.1) is 17.3 Å². The van der Waals surface area contributed by atoms with E-state index in [-0.39, 0.29) is 11.5 Å². The number of rotatable bonds is 3. The van der Waals surface area contributed by atoms with Crippen LogP contribution in [0.3, 0.4) is 0 Å². The first-order valence-electron chi connectivity index (χ1n) is 8.65. The summed E-state index contributed by atoms with van der Waals surface area (Å²) in [4.78, 5) is 42.4. The molecule has 0 spiro atoms. The molecule has 0 bridgehead atoms. The van der Waals surface area contributed by atoms with Crippen molar-refractivity contribution in [1.29, 1.82) is 0 Å². The number of fused-ring (bicyclic) bond motifs is 3. The van der Waals surface area contributed by atoms with E-state index in [2.05, 4.69) is 15.6 Å². The van der Waals surface area contributed by atoms with E-state index in [0.29, 0.717) is 29.2 Å². The number of thiazole rings is 1. The SMILES string of the molecule is COc1ccc2c(c1)sc1ncc(C(=O)NC3CCCCNC3=O)c(=O)n12. The normalized spacial score (nSPS) is 17.5. The summed E-state index contributed by atoms with van der Waals surface area (Å²) in [6.45, 7) is 0.603. The molecular weight excluding hydrogens is 368 g/mol. The molecule has 0 radical (unpaired) electrons. The molecule has 1 aliphatic heterocycles. The molecular formula is C18H18N4O4S. The molecule has 27 heavy (non-hydrogen) atoms. The second-order valence-electron chi connectivity index (χ2n) is 6.34. The first-order valence-corrected chi connectivity index (χ1v) is 9.47. The number of aromatic nitrogens is 2. The van der Waals surface area contributed by atoms with E-state index in [1.807, 2.05) is 6.07 Å². The van der Waals surface area contributed by atoms with Crippen LogP contribution in [0.4, 0.5) is 0 Å². The molecule has 9 heteroatoms. The van der Waals surface area contributed by atoms with Gasteiger partial charge in [0.2, 0.25) is 5.91 Å². The number of ether oxygens (including phenoxy) is 1. The summed E-state index contributed by atoms with van der Waals surface area (Å²) >= 11 is 1.34. The van der Waals surface area contributed by atoms with Gasteiger partial charge in [0, 0.05) is 12.7 Å². The van der Waals surface area contributed by atoms with Crippen molar-refractivity contribution in [3.8, 4) is 5.75 Å². The molecule has 2 N–H and O–H groups in total. The third kappa shape index (κ3) is 3.14. The zero-order valence-corrected chi connectivity index (χ0v) is 15.5. The molecule has 3 heterocycles. The molecule has 1 fully saturated rings. The van der Waals surface area contributed by atoms with Crippen molar-refractivity contribution in [2.75, 3.05) is 13.7 Å². The molecule has 1 saturated heterocycles. The van der Waals surface area contributed by atoms with Crippen molar-refractivity contribution < 1.29 is 14.3 Å². The Kier molecular flexibility index (Phi) is 4.53. The number of nitrogens with one attached hydrogen (secondary N) is 2. The molecule has 0 aliphatic carbocycles. The van der Waals surface area contributed by atoms with Gasteiger partial charge in [-0.05, 0) is 37.5 Å². The van der Waals surface area contributed by atoms with Crippen molar-refractivity contribution in [3.63, 3.8) is 0 Å². The number of hydrogen-bond acceptors (Lipinski definition) is 6. The topological polar surface area (TPSA) is 102 Å². The number of amides is 2. The van der Waals surface area contributed by atoms with Crippen LogP contribution >= 0.6 is 11.3 Å². The van der Waals surface area contributed by atoms with Crippen molar-refractivity contribution in [2.24, 2.45) is 0 Å². The highest BCUT2D eigenvalue weighted by Gasteiger charge is 2.25. The van der Waals surface area contributed by atoms with Crippen LogP contribution in [0.1, 0.15) is 29.6 Å². The van der Waals surface area contributed by atoms with Crippen LogP contribution in [0.15, 0.2) is 29.2 Å². The molecule has 1 aromatic carbocycles.